The monoisotopic (exact) mass is 376 g/mol. The topological polar surface area (TPSA) is 61.3 Å². The first-order valence-corrected chi connectivity index (χ1v) is 9.76. The third-order valence-corrected chi connectivity index (χ3v) is 5.79. The third-order valence-electron chi connectivity index (χ3n) is 3.54. The molecule has 3 aromatic rings. The van der Waals surface area contributed by atoms with E-state index < -0.39 is 0 Å². The van der Waals surface area contributed by atoms with E-state index in [9.17, 15) is 4.79 Å². The van der Waals surface area contributed by atoms with Gasteiger partial charge < -0.3 is 9.47 Å². The van der Waals surface area contributed by atoms with Gasteiger partial charge in [-0.05, 0) is 31.4 Å². The molecular formula is C18H20N2O3S2. The van der Waals surface area contributed by atoms with E-state index in [1.54, 1.807) is 25.4 Å². The van der Waals surface area contributed by atoms with Crippen molar-refractivity contribution in [3.63, 3.8) is 0 Å². The maximum absolute atomic E-state index is 12.2. The van der Waals surface area contributed by atoms with E-state index in [0.717, 1.165) is 37.3 Å². The zero-order valence-electron chi connectivity index (χ0n) is 14.7. The van der Waals surface area contributed by atoms with E-state index in [1.807, 2.05) is 18.2 Å². The number of ether oxygens (including phenoxy) is 2. The molecule has 0 atom stereocenters. The van der Waals surface area contributed by atoms with E-state index in [1.165, 1.54) is 11.3 Å². The van der Waals surface area contributed by atoms with Gasteiger partial charge >= 0.3 is 5.97 Å². The third kappa shape index (κ3) is 3.82. The fourth-order valence-electron chi connectivity index (χ4n) is 2.44. The number of carbonyl (C=O) groups excluding carboxylic acids is 1. The summed E-state index contributed by atoms with van der Waals surface area (Å²) in [5, 5.41) is 1.58. The van der Waals surface area contributed by atoms with Gasteiger partial charge in [-0.25, -0.2) is 14.8 Å². The van der Waals surface area contributed by atoms with Crippen LogP contribution in [0.3, 0.4) is 0 Å². The van der Waals surface area contributed by atoms with Crippen LogP contribution in [0.15, 0.2) is 18.2 Å². The molecule has 7 heteroatoms. The summed E-state index contributed by atoms with van der Waals surface area (Å²) in [6, 6.07) is 5.81. The Bertz CT molecular complexity index is 899. The van der Waals surface area contributed by atoms with E-state index >= 15 is 0 Å². The highest BCUT2D eigenvalue weighted by atomic mass is 32.1. The Morgan fingerprint density at radius 2 is 1.96 bits per heavy atom. The van der Waals surface area contributed by atoms with Crippen LogP contribution < -0.4 is 4.74 Å². The normalized spacial score (nSPS) is 11.2. The molecule has 5 nitrogen and oxygen atoms in total. The summed E-state index contributed by atoms with van der Waals surface area (Å²) in [6.07, 6.45) is 0.796. The Balaban J connectivity index is 2.02. The van der Waals surface area contributed by atoms with E-state index in [4.69, 9.17) is 9.47 Å². The van der Waals surface area contributed by atoms with Crippen molar-refractivity contribution in [2.45, 2.75) is 27.2 Å². The van der Waals surface area contributed by atoms with Gasteiger partial charge in [-0.1, -0.05) is 13.8 Å². The number of nitrogens with zero attached hydrogens (tertiary/aromatic N) is 2. The summed E-state index contributed by atoms with van der Waals surface area (Å²) >= 11 is 3.09. The van der Waals surface area contributed by atoms with Gasteiger partial charge in [0.15, 0.2) is 15.7 Å². The van der Waals surface area contributed by atoms with Crippen LogP contribution in [-0.4, -0.2) is 29.7 Å². The molecule has 0 unspecified atom stereocenters. The predicted molar refractivity (Wildman–Crippen MR) is 102 cm³/mol. The maximum Gasteiger partial charge on any atom is 0.358 e. The van der Waals surface area contributed by atoms with Crippen LogP contribution in [-0.2, 0) is 11.2 Å². The van der Waals surface area contributed by atoms with E-state index in [2.05, 4.69) is 23.8 Å². The van der Waals surface area contributed by atoms with Crippen LogP contribution in [0.1, 0.15) is 36.1 Å². The number of aromatic nitrogens is 2. The summed E-state index contributed by atoms with van der Waals surface area (Å²) in [7, 11) is 1.64. The molecule has 0 saturated carbocycles. The van der Waals surface area contributed by atoms with Crippen molar-refractivity contribution in [3.05, 3.63) is 28.8 Å². The molecule has 132 valence electrons. The molecule has 0 spiro atoms. The quantitative estimate of drug-likeness (QED) is 0.578. The molecule has 0 aliphatic carbocycles. The second-order valence-corrected chi connectivity index (χ2v) is 8.08. The summed E-state index contributed by atoms with van der Waals surface area (Å²) in [5.74, 6) is 0.848. The molecule has 2 aromatic heterocycles. The zero-order chi connectivity index (χ0) is 18.0. The lowest BCUT2D eigenvalue weighted by molar-refractivity contribution is 0.0519. The highest BCUT2D eigenvalue weighted by Crippen LogP contribution is 2.36. The van der Waals surface area contributed by atoms with Gasteiger partial charge in [0, 0.05) is 10.9 Å². The first-order chi connectivity index (χ1) is 12.0. The zero-order valence-corrected chi connectivity index (χ0v) is 16.3. The summed E-state index contributed by atoms with van der Waals surface area (Å²) in [6.45, 7) is 6.39. The predicted octanol–water partition coefficient (Wildman–Crippen LogP) is 4.80. The van der Waals surface area contributed by atoms with Gasteiger partial charge in [0.1, 0.15) is 5.75 Å². The van der Waals surface area contributed by atoms with Crippen molar-refractivity contribution < 1.29 is 14.3 Å². The molecule has 0 fully saturated rings. The van der Waals surface area contributed by atoms with Crippen LogP contribution >= 0.6 is 22.7 Å². The first-order valence-electron chi connectivity index (χ1n) is 8.13. The Kier molecular flexibility index (Phi) is 5.34. The van der Waals surface area contributed by atoms with Gasteiger partial charge in [0.25, 0.3) is 0 Å². The number of methoxy groups -OCH3 is 1. The lowest BCUT2D eigenvalue weighted by Crippen LogP contribution is -2.08. The molecule has 1 aromatic carbocycles. The average Bonchev–Trinajstić information content (AvgIpc) is 3.17. The highest BCUT2D eigenvalue weighted by molar-refractivity contribution is 7.25. The largest absolute Gasteiger partial charge is 0.497 e. The smallest absolute Gasteiger partial charge is 0.358 e. The van der Waals surface area contributed by atoms with Crippen molar-refractivity contribution in [1.82, 2.24) is 9.97 Å². The van der Waals surface area contributed by atoms with Gasteiger partial charge in [-0.3, -0.25) is 0 Å². The molecule has 0 amide bonds. The van der Waals surface area contributed by atoms with Crippen LogP contribution in [0, 0.1) is 5.92 Å². The molecule has 0 saturated heterocycles. The second kappa shape index (κ2) is 7.49. The Morgan fingerprint density at radius 3 is 2.64 bits per heavy atom. The molecule has 25 heavy (non-hydrogen) atoms. The molecule has 0 aliphatic rings. The average molecular weight is 377 g/mol. The number of hydrogen-bond donors (Lipinski definition) is 0. The number of benzene rings is 1. The fourth-order valence-corrected chi connectivity index (χ4v) is 4.66. The van der Waals surface area contributed by atoms with Crippen molar-refractivity contribution >= 4 is 38.9 Å². The molecule has 0 radical (unpaired) electrons. The SMILES string of the molecule is CCOC(=O)c1nc(-c2nc3cc(OC)ccc3s2)sc1CC(C)C. The van der Waals surface area contributed by atoms with Crippen LogP contribution in [0.5, 0.6) is 5.75 Å². The van der Waals surface area contributed by atoms with Crippen molar-refractivity contribution in [1.29, 1.82) is 0 Å². The van der Waals surface area contributed by atoms with Crippen molar-refractivity contribution in [2.24, 2.45) is 5.92 Å². The summed E-state index contributed by atoms with van der Waals surface area (Å²) in [4.78, 5) is 22.4. The van der Waals surface area contributed by atoms with Crippen LogP contribution in [0.2, 0.25) is 0 Å². The number of thiazole rings is 2. The first kappa shape index (κ1) is 17.8. The molecule has 3 rings (SSSR count). The Labute approximate surface area is 154 Å². The standard InChI is InChI=1S/C18H20N2O3S2/c1-5-23-18(21)15-14(8-10(2)3)25-17(20-15)16-19-12-9-11(22-4)6-7-13(12)24-16/h6-7,9-10H,5,8H2,1-4H3. The van der Waals surface area contributed by atoms with E-state index in [-0.39, 0.29) is 5.97 Å². The minimum atomic E-state index is -0.358. The summed E-state index contributed by atoms with van der Waals surface area (Å²) in [5.41, 5.74) is 1.30. The fraction of sp³-hybridized carbons (Fsp3) is 0.389. The molecule has 2 heterocycles. The Hall–Kier alpha value is -1.99. The molecule has 0 N–H and O–H groups in total. The molecule has 0 aliphatic heterocycles. The number of hydrogen-bond acceptors (Lipinski definition) is 7. The van der Waals surface area contributed by atoms with Crippen LogP contribution in [0.25, 0.3) is 20.2 Å². The van der Waals surface area contributed by atoms with Gasteiger partial charge in [0.05, 0.1) is 23.9 Å². The summed E-state index contributed by atoms with van der Waals surface area (Å²) < 4.78 is 11.5. The minimum Gasteiger partial charge on any atom is -0.497 e. The number of carbonyl (C=O) groups is 1. The molecule has 0 bridgehead atoms. The lowest BCUT2D eigenvalue weighted by atomic mass is 10.1. The van der Waals surface area contributed by atoms with Crippen molar-refractivity contribution in [2.75, 3.05) is 13.7 Å². The maximum atomic E-state index is 12.2. The Morgan fingerprint density at radius 1 is 1.20 bits per heavy atom. The van der Waals surface area contributed by atoms with Gasteiger partial charge in [0.2, 0.25) is 0 Å². The van der Waals surface area contributed by atoms with Gasteiger partial charge in [-0.2, -0.15) is 0 Å². The van der Waals surface area contributed by atoms with E-state index in [0.29, 0.717) is 18.2 Å². The minimum absolute atomic E-state index is 0.341. The highest BCUT2D eigenvalue weighted by Gasteiger charge is 2.22. The lowest BCUT2D eigenvalue weighted by Gasteiger charge is -2.04. The number of esters is 1. The second-order valence-electron chi connectivity index (χ2n) is 5.96. The van der Waals surface area contributed by atoms with Crippen molar-refractivity contribution in [3.8, 4) is 15.8 Å². The number of rotatable bonds is 6. The van der Waals surface area contributed by atoms with Gasteiger partial charge in [-0.15, -0.1) is 22.7 Å². The van der Waals surface area contributed by atoms with Crippen LogP contribution in [0.4, 0.5) is 0 Å². The number of fused-ring (bicyclic) bond motifs is 1. The molecular weight excluding hydrogens is 356 g/mol.